The lowest BCUT2D eigenvalue weighted by atomic mass is 9.93. The first-order valence-electron chi connectivity index (χ1n) is 12.7. The second kappa shape index (κ2) is 12.0. The van der Waals surface area contributed by atoms with Gasteiger partial charge in [0.1, 0.15) is 18.1 Å². The van der Waals surface area contributed by atoms with E-state index in [9.17, 15) is 14.7 Å². The van der Waals surface area contributed by atoms with Gasteiger partial charge in [0.2, 0.25) is 0 Å². The van der Waals surface area contributed by atoms with Gasteiger partial charge in [-0.05, 0) is 60.8 Å². The average molecular weight is 491 g/mol. The monoisotopic (exact) mass is 490 g/mol. The number of aliphatic hydroxyl groups excluding tert-OH is 1. The Hall–Kier alpha value is -3.38. The summed E-state index contributed by atoms with van der Waals surface area (Å²) in [6, 6.07) is 12.6. The average Bonchev–Trinajstić information content (AvgIpc) is 3.13. The van der Waals surface area contributed by atoms with Crippen molar-refractivity contribution in [1.82, 2.24) is 9.80 Å². The summed E-state index contributed by atoms with van der Waals surface area (Å²) < 4.78 is 5.65. The fourth-order valence-corrected chi connectivity index (χ4v) is 4.57. The van der Waals surface area contributed by atoms with Gasteiger partial charge in [0.25, 0.3) is 11.7 Å². The maximum atomic E-state index is 13.3. The zero-order valence-electron chi connectivity index (χ0n) is 22.1. The van der Waals surface area contributed by atoms with Crippen molar-refractivity contribution in [3.63, 3.8) is 0 Å². The molecule has 1 unspecified atom stereocenters. The number of benzene rings is 2. The van der Waals surface area contributed by atoms with Crippen LogP contribution < -0.4 is 4.74 Å². The molecule has 1 heterocycles. The van der Waals surface area contributed by atoms with Crippen molar-refractivity contribution in [3.05, 3.63) is 82.9 Å². The Morgan fingerprint density at radius 2 is 1.81 bits per heavy atom. The topological polar surface area (TPSA) is 70.1 Å². The van der Waals surface area contributed by atoms with Crippen molar-refractivity contribution in [2.75, 3.05) is 32.8 Å². The first-order valence-corrected chi connectivity index (χ1v) is 12.7. The highest BCUT2D eigenvalue weighted by Gasteiger charge is 2.46. The minimum Gasteiger partial charge on any atom is -0.507 e. The second-order valence-electron chi connectivity index (χ2n) is 9.42. The Bertz CT molecular complexity index is 1130. The van der Waals surface area contributed by atoms with Crippen LogP contribution in [0.3, 0.4) is 0 Å². The molecule has 1 aliphatic heterocycles. The molecular formula is C30H38N2O4. The number of nitrogens with zero attached hydrogens (tertiary/aromatic N) is 2. The van der Waals surface area contributed by atoms with Gasteiger partial charge in [-0.3, -0.25) is 9.59 Å². The highest BCUT2D eigenvalue weighted by atomic mass is 16.5. The molecule has 2 aromatic carbocycles. The lowest BCUT2D eigenvalue weighted by Crippen LogP contribution is -2.38. The van der Waals surface area contributed by atoms with E-state index in [-0.39, 0.29) is 11.3 Å². The smallest absolute Gasteiger partial charge is 0.295 e. The molecule has 0 saturated carbocycles. The van der Waals surface area contributed by atoms with Gasteiger partial charge in [0.15, 0.2) is 0 Å². The van der Waals surface area contributed by atoms with E-state index in [2.05, 4.69) is 39.2 Å². The first-order chi connectivity index (χ1) is 17.2. The molecule has 3 rings (SSSR count). The summed E-state index contributed by atoms with van der Waals surface area (Å²) in [5.41, 5.74) is 3.39. The summed E-state index contributed by atoms with van der Waals surface area (Å²) in [5, 5.41) is 11.4. The highest BCUT2D eigenvalue weighted by Crippen LogP contribution is 2.40. The zero-order chi connectivity index (χ0) is 26.4. The molecule has 1 amide bonds. The van der Waals surface area contributed by atoms with Gasteiger partial charge < -0.3 is 19.6 Å². The standard InChI is InChI=1S/C30H38N2O4/c1-7-18-36-25-15-14-24(19-21(25)6)28(33)26-27(23-12-10-22(11-13-23)20(4)5)32(30(35)29(26)34)17-16-31(8-2)9-3/h7,10-15,19-20,27,33H,1,8-9,16-18H2,2-6H3. The molecule has 6 nitrogen and oxygen atoms in total. The van der Waals surface area contributed by atoms with Crippen LogP contribution in [-0.4, -0.2) is 59.4 Å². The lowest BCUT2D eigenvalue weighted by molar-refractivity contribution is -0.140. The molecule has 6 heteroatoms. The maximum Gasteiger partial charge on any atom is 0.295 e. The van der Waals surface area contributed by atoms with Crippen LogP contribution in [0.1, 0.15) is 61.9 Å². The van der Waals surface area contributed by atoms with E-state index in [4.69, 9.17) is 4.74 Å². The van der Waals surface area contributed by atoms with Crippen LogP contribution in [-0.2, 0) is 9.59 Å². The minimum absolute atomic E-state index is 0.121. The van der Waals surface area contributed by atoms with Crippen molar-refractivity contribution in [3.8, 4) is 5.75 Å². The molecule has 1 fully saturated rings. The number of hydrogen-bond donors (Lipinski definition) is 1. The molecule has 1 aliphatic rings. The van der Waals surface area contributed by atoms with E-state index in [0.717, 1.165) is 24.2 Å². The summed E-state index contributed by atoms with van der Waals surface area (Å²) in [5.74, 6) is -0.376. The van der Waals surface area contributed by atoms with E-state index in [0.29, 0.717) is 36.9 Å². The summed E-state index contributed by atoms with van der Waals surface area (Å²) >= 11 is 0. The fraction of sp³-hybridized carbons (Fsp3) is 0.400. The number of ether oxygens (including phenoxy) is 1. The van der Waals surface area contributed by atoms with Gasteiger partial charge >= 0.3 is 0 Å². The van der Waals surface area contributed by atoms with Gasteiger partial charge in [0, 0.05) is 18.7 Å². The van der Waals surface area contributed by atoms with Crippen LogP contribution in [0.25, 0.3) is 5.76 Å². The third-order valence-corrected chi connectivity index (χ3v) is 6.82. The van der Waals surface area contributed by atoms with Crippen LogP contribution in [0.15, 0.2) is 60.7 Å². The predicted octanol–water partition coefficient (Wildman–Crippen LogP) is 5.45. The Morgan fingerprint density at radius 3 is 2.36 bits per heavy atom. The predicted molar refractivity (Wildman–Crippen MR) is 144 cm³/mol. The Kier molecular flexibility index (Phi) is 9.10. The molecule has 0 radical (unpaired) electrons. The minimum atomic E-state index is -0.658. The number of rotatable bonds is 11. The van der Waals surface area contributed by atoms with Crippen molar-refractivity contribution in [1.29, 1.82) is 0 Å². The van der Waals surface area contributed by atoms with Gasteiger partial charge in [-0.2, -0.15) is 0 Å². The van der Waals surface area contributed by atoms with E-state index in [1.165, 1.54) is 5.56 Å². The van der Waals surface area contributed by atoms with E-state index < -0.39 is 17.7 Å². The SMILES string of the molecule is C=CCOc1ccc(C(O)=C2C(=O)C(=O)N(CCN(CC)CC)C2c2ccc(C(C)C)cc2)cc1C. The number of likely N-dealkylation sites (N-methyl/N-ethyl adjacent to an activating group) is 1. The largest absolute Gasteiger partial charge is 0.507 e. The first kappa shape index (κ1) is 27.2. The van der Waals surface area contributed by atoms with Crippen LogP contribution >= 0.6 is 0 Å². The molecule has 1 saturated heterocycles. The molecular weight excluding hydrogens is 452 g/mol. The molecule has 192 valence electrons. The third-order valence-electron chi connectivity index (χ3n) is 6.82. The molecule has 2 aromatic rings. The van der Waals surface area contributed by atoms with Gasteiger partial charge in [-0.1, -0.05) is 64.6 Å². The maximum absolute atomic E-state index is 13.3. The van der Waals surface area contributed by atoms with Gasteiger partial charge in [-0.25, -0.2) is 0 Å². The zero-order valence-corrected chi connectivity index (χ0v) is 22.1. The quantitative estimate of drug-likeness (QED) is 0.196. The van der Waals surface area contributed by atoms with Gasteiger partial charge in [-0.15, -0.1) is 0 Å². The highest BCUT2D eigenvalue weighted by molar-refractivity contribution is 6.46. The Labute approximate surface area is 214 Å². The summed E-state index contributed by atoms with van der Waals surface area (Å²) in [7, 11) is 0. The molecule has 1 N–H and O–H groups in total. The van der Waals surface area contributed by atoms with Crippen molar-refractivity contribution >= 4 is 17.4 Å². The number of amides is 1. The lowest BCUT2D eigenvalue weighted by Gasteiger charge is -2.28. The number of likely N-dealkylation sites (tertiary alicyclic amines) is 1. The molecule has 0 aromatic heterocycles. The second-order valence-corrected chi connectivity index (χ2v) is 9.42. The van der Waals surface area contributed by atoms with Crippen LogP contribution in [0.4, 0.5) is 0 Å². The number of carbonyl (C=O) groups excluding carboxylic acids is 2. The molecule has 0 bridgehead atoms. The Balaban J connectivity index is 2.08. The summed E-state index contributed by atoms with van der Waals surface area (Å²) in [6.07, 6.45) is 1.66. The Morgan fingerprint density at radius 1 is 1.14 bits per heavy atom. The summed E-state index contributed by atoms with van der Waals surface area (Å²) in [4.78, 5) is 30.3. The molecule has 1 atom stereocenters. The van der Waals surface area contributed by atoms with E-state index >= 15 is 0 Å². The number of ketones is 1. The normalized spacial score (nSPS) is 17.3. The number of carbonyl (C=O) groups is 2. The van der Waals surface area contributed by atoms with E-state index in [1.807, 2.05) is 31.2 Å². The van der Waals surface area contributed by atoms with Crippen LogP contribution in [0.2, 0.25) is 0 Å². The van der Waals surface area contributed by atoms with Crippen LogP contribution in [0, 0.1) is 6.92 Å². The van der Waals surface area contributed by atoms with Crippen molar-refractivity contribution in [2.24, 2.45) is 0 Å². The molecule has 36 heavy (non-hydrogen) atoms. The number of aliphatic hydroxyl groups is 1. The number of aryl methyl sites for hydroxylation is 1. The van der Waals surface area contributed by atoms with Gasteiger partial charge in [0.05, 0.1) is 11.6 Å². The number of hydrogen-bond acceptors (Lipinski definition) is 5. The third kappa shape index (κ3) is 5.71. The fourth-order valence-electron chi connectivity index (χ4n) is 4.57. The number of Topliss-reactive ketones (excluding diaryl/α,β-unsaturated/α-hetero) is 1. The van der Waals surface area contributed by atoms with Crippen molar-refractivity contribution in [2.45, 2.75) is 46.6 Å². The van der Waals surface area contributed by atoms with E-state index in [1.54, 1.807) is 29.2 Å². The van der Waals surface area contributed by atoms with Crippen LogP contribution in [0.5, 0.6) is 5.75 Å². The molecule has 0 spiro atoms. The molecule has 0 aliphatic carbocycles. The van der Waals surface area contributed by atoms with Crippen molar-refractivity contribution < 1.29 is 19.4 Å². The summed E-state index contributed by atoms with van der Waals surface area (Å²) in [6.45, 7) is 17.1.